The fraction of sp³-hybridized carbons (Fsp3) is 0.765. The molecule has 23 heavy (non-hydrogen) atoms. The lowest BCUT2D eigenvalue weighted by molar-refractivity contribution is -0.136. The second-order valence-electron chi connectivity index (χ2n) is 7.05. The average Bonchev–Trinajstić information content (AvgIpc) is 2.96. The lowest BCUT2D eigenvalue weighted by Crippen LogP contribution is -2.47. The molecule has 5 nitrogen and oxygen atoms in total. The van der Waals surface area contributed by atoms with E-state index >= 15 is 0 Å². The van der Waals surface area contributed by atoms with E-state index in [2.05, 4.69) is 10.4 Å². The molecule has 0 aromatic carbocycles. The van der Waals surface area contributed by atoms with Crippen molar-refractivity contribution >= 4 is 18.3 Å². The van der Waals surface area contributed by atoms with E-state index in [1.54, 1.807) is 10.9 Å². The summed E-state index contributed by atoms with van der Waals surface area (Å²) in [5.74, 6) is 0.196. The van der Waals surface area contributed by atoms with Crippen molar-refractivity contribution < 1.29 is 4.79 Å². The highest BCUT2D eigenvalue weighted by Gasteiger charge is 2.38. The highest BCUT2D eigenvalue weighted by molar-refractivity contribution is 5.85. The monoisotopic (exact) mass is 340 g/mol. The first kappa shape index (κ1) is 18.3. The molecule has 1 amide bonds. The zero-order chi connectivity index (χ0) is 15.6. The first-order valence-electron chi connectivity index (χ1n) is 8.58. The van der Waals surface area contributed by atoms with Crippen LogP contribution in [0.2, 0.25) is 0 Å². The lowest BCUT2D eigenvalue weighted by atomic mass is 9.68. The summed E-state index contributed by atoms with van der Waals surface area (Å²) in [6.07, 6.45) is 13.0. The summed E-state index contributed by atoms with van der Waals surface area (Å²) in [6, 6.07) is -0.269. The lowest BCUT2D eigenvalue weighted by Gasteiger charge is -2.44. The third-order valence-corrected chi connectivity index (χ3v) is 5.64. The molecule has 1 atom stereocenters. The van der Waals surface area contributed by atoms with Gasteiger partial charge in [-0.15, -0.1) is 12.4 Å². The fourth-order valence-corrected chi connectivity index (χ4v) is 4.21. The molecule has 1 N–H and O–H groups in total. The maximum absolute atomic E-state index is 12.8. The van der Waals surface area contributed by atoms with Gasteiger partial charge >= 0.3 is 0 Å². The van der Waals surface area contributed by atoms with Crippen molar-refractivity contribution in [1.29, 1.82) is 0 Å². The smallest absolute Gasteiger partial charge is 0.244 e. The van der Waals surface area contributed by atoms with E-state index < -0.39 is 0 Å². The van der Waals surface area contributed by atoms with Gasteiger partial charge in [0.15, 0.2) is 0 Å². The summed E-state index contributed by atoms with van der Waals surface area (Å²) in [6.45, 7) is 1.83. The highest BCUT2D eigenvalue weighted by Crippen LogP contribution is 2.44. The van der Waals surface area contributed by atoms with Gasteiger partial charge in [0.05, 0.1) is 6.20 Å². The number of likely N-dealkylation sites (tertiary alicyclic amines) is 1. The number of hydrogen-bond acceptors (Lipinski definition) is 3. The number of halogens is 1. The van der Waals surface area contributed by atoms with Gasteiger partial charge in [0, 0.05) is 31.9 Å². The Morgan fingerprint density at radius 1 is 1.22 bits per heavy atom. The molecule has 1 aliphatic carbocycles. The molecule has 6 heteroatoms. The molecule has 1 unspecified atom stereocenters. The topological polar surface area (TPSA) is 50.2 Å². The number of nitrogens with one attached hydrogen (secondary N) is 1. The normalized spacial score (nSPS) is 21.7. The number of hydrogen-bond donors (Lipinski definition) is 1. The van der Waals surface area contributed by atoms with Gasteiger partial charge < -0.3 is 10.2 Å². The van der Waals surface area contributed by atoms with E-state index in [-0.39, 0.29) is 24.4 Å². The molecule has 1 spiro atoms. The van der Waals surface area contributed by atoms with E-state index in [1.165, 1.54) is 44.9 Å². The predicted molar refractivity (Wildman–Crippen MR) is 93.6 cm³/mol. The van der Waals surface area contributed by atoms with Crippen LogP contribution in [-0.2, 0) is 11.8 Å². The zero-order valence-electron chi connectivity index (χ0n) is 14.3. The quantitative estimate of drug-likeness (QED) is 0.920. The molecule has 1 saturated carbocycles. The van der Waals surface area contributed by atoms with E-state index in [0.717, 1.165) is 18.7 Å². The summed E-state index contributed by atoms with van der Waals surface area (Å²) in [4.78, 5) is 14.9. The molecule has 1 aliphatic heterocycles. The van der Waals surface area contributed by atoms with Crippen molar-refractivity contribution in [2.75, 3.05) is 20.1 Å². The molecule has 0 bridgehead atoms. The van der Waals surface area contributed by atoms with E-state index in [9.17, 15) is 4.79 Å². The Morgan fingerprint density at radius 3 is 2.39 bits per heavy atom. The maximum Gasteiger partial charge on any atom is 0.244 e. The van der Waals surface area contributed by atoms with Gasteiger partial charge in [-0.3, -0.25) is 9.48 Å². The van der Waals surface area contributed by atoms with Crippen molar-refractivity contribution in [2.45, 2.75) is 51.0 Å². The Morgan fingerprint density at radius 2 is 1.87 bits per heavy atom. The second kappa shape index (κ2) is 7.67. The molecule has 2 aliphatic rings. The Labute approximate surface area is 145 Å². The number of carbonyl (C=O) groups is 1. The molecule has 3 rings (SSSR count). The van der Waals surface area contributed by atoms with Crippen LogP contribution in [0.3, 0.4) is 0 Å². The Balaban J connectivity index is 0.00000192. The van der Waals surface area contributed by atoms with Gasteiger partial charge in [-0.05, 0) is 38.1 Å². The Bertz CT molecular complexity index is 514. The van der Waals surface area contributed by atoms with Crippen molar-refractivity contribution in [3.63, 3.8) is 0 Å². The first-order valence-corrected chi connectivity index (χ1v) is 8.58. The minimum atomic E-state index is -0.269. The van der Waals surface area contributed by atoms with Crippen molar-refractivity contribution in [3.05, 3.63) is 18.0 Å². The van der Waals surface area contributed by atoms with E-state index in [1.807, 2.05) is 25.2 Å². The Kier molecular flexibility index (Phi) is 6.09. The fourth-order valence-electron chi connectivity index (χ4n) is 4.21. The van der Waals surface area contributed by atoms with Gasteiger partial charge in [-0.2, -0.15) is 5.10 Å². The molecule has 130 valence electrons. The van der Waals surface area contributed by atoms with Crippen LogP contribution in [0.1, 0.15) is 56.6 Å². The van der Waals surface area contributed by atoms with Crippen LogP contribution < -0.4 is 5.32 Å². The van der Waals surface area contributed by atoms with Crippen LogP contribution in [0.25, 0.3) is 0 Å². The zero-order valence-corrected chi connectivity index (χ0v) is 15.1. The third kappa shape index (κ3) is 3.89. The predicted octanol–water partition coefficient (Wildman–Crippen LogP) is 2.68. The van der Waals surface area contributed by atoms with Crippen LogP contribution in [0.15, 0.2) is 12.4 Å². The molecule has 1 aromatic rings. The maximum atomic E-state index is 12.8. The van der Waals surface area contributed by atoms with Crippen molar-refractivity contribution in [2.24, 2.45) is 12.5 Å². The van der Waals surface area contributed by atoms with Gasteiger partial charge in [0.2, 0.25) is 5.91 Å². The molecule has 0 radical (unpaired) electrons. The molecular formula is C17H29ClN4O. The van der Waals surface area contributed by atoms with Crippen LogP contribution in [-0.4, -0.2) is 40.7 Å². The number of aromatic nitrogens is 2. The number of aryl methyl sites for hydroxylation is 1. The summed E-state index contributed by atoms with van der Waals surface area (Å²) in [7, 11) is 3.73. The van der Waals surface area contributed by atoms with Crippen LogP contribution in [0.4, 0.5) is 0 Å². The first-order chi connectivity index (χ1) is 10.6. The molecule has 2 fully saturated rings. The Hall–Kier alpha value is -1.07. The number of rotatable bonds is 3. The number of nitrogens with zero attached hydrogens (tertiary/aromatic N) is 3. The van der Waals surface area contributed by atoms with E-state index in [0.29, 0.717) is 5.41 Å². The van der Waals surface area contributed by atoms with Crippen molar-refractivity contribution in [3.8, 4) is 0 Å². The standard InChI is InChI=1S/C17H28N4O.ClH/c1-18-15(14-12-19-20(2)13-14)16(22)21-10-8-17(9-11-21)6-4-3-5-7-17;/h12-13,15,18H,3-11H2,1-2H3;1H. The number of likely N-dealkylation sites (N-methyl/N-ethyl adjacent to an activating group) is 1. The van der Waals surface area contributed by atoms with Crippen molar-refractivity contribution in [1.82, 2.24) is 20.0 Å². The van der Waals surface area contributed by atoms with Crippen LogP contribution in [0.5, 0.6) is 0 Å². The third-order valence-electron chi connectivity index (χ3n) is 5.64. The average molecular weight is 341 g/mol. The molecule has 2 heterocycles. The number of piperidine rings is 1. The number of amides is 1. The minimum Gasteiger partial charge on any atom is -0.341 e. The molecule has 1 aromatic heterocycles. The van der Waals surface area contributed by atoms with Crippen LogP contribution in [0, 0.1) is 5.41 Å². The molecular weight excluding hydrogens is 312 g/mol. The van der Waals surface area contributed by atoms with Crippen LogP contribution >= 0.6 is 12.4 Å². The summed E-state index contributed by atoms with van der Waals surface area (Å²) >= 11 is 0. The SMILES string of the molecule is CNC(C(=O)N1CCC2(CCCCC2)CC1)c1cnn(C)c1.Cl. The highest BCUT2D eigenvalue weighted by atomic mass is 35.5. The van der Waals surface area contributed by atoms with Gasteiger partial charge in [-0.1, -0.05) is 19.3 Å². The van der Waals surface area contributed by atoms with Gasteiger partial charge in [-0.25, -0.2) is 0 Å². The van der Waals surface area contributed by atoms with Gasteiger partial charge in [0.25, 0.3) is 0 Å². The number of carbonyl (C=O) groups excluding carboxylic acids is 1. The summed E-state index contributed by atoms with van der Waals surface area (Å²) in [5.41, 5.74) is 1.49. The van der Waals surface area contributed by atoms with E-state index in [4.69, 9.17) is 0 Å². The largest absolute Gasteiger partial charge is 0.341 e. The second-order valence-corrected chi connectivity index (χ2v) is 7.05. The summed E-state index contributed by atoms with van der Waals surface area (Å²) in [5, 5.41) is 7.34. The molecule has 1 saturated heterocycles. The minimum absolute atomic E-state index is 0. The summed E-state index contributed by atoms with van der Waals surface area (Å²) < 4.78 is 1.75. The van der Waals surface area contributed by atoms with Gasteiger partial charge in [0.1, 0.15) is 6.04 Å².